The number of halogens is 1. The Morgan fingerprint density at radius 1 is 1.28 bits per heavy atom. The summed E-state index contributed by atoms with van der Waals surface area (Å²) in [5.41, 5.74) is -0.506. The van der Waals surface area contributed by atoms with Crippen LogP contribution in [0.5, 0.6) is 5.75 Å². The highest BCUT2D eigenvalue weighted by Gasteiger charge is 2.26. The highest BCUT2D eigenvalue weighted by atomic mass is 19.1. The van der Waals surface area contributed by atoms with Crippen LogP contribution in [-0.4, -0.2) is 41.8 Å². The van der Waals surface area contributed by atoms with E-state index in [0.717, 1.165) is 32.5 Å². The maximum atomic E-state index is 12.7. The minimum Gasteiger partial charge on any atom is -0.492 e. The topological polar surface area (TPSA) is 32.7 Å². The molecule has 100 valence electrons. The van der Waals surface area contributed by atoms with Crippen molar-refractivity contribution in [3.8, 4) is 5.75 Å². The number of rotatable bonds is 4. The molecule has 1 heterocycles. The Morgan fingerprint density at radius 3 is 2.50 bits per heavy atom. The van der Waals surface area contributed by atoms with E-state index in [2.05, 4.69) is 4.90 Å². The van der Waals surface area contributed by atoms with Crippen LogP contribution in [0.2, 0.25) is 0 Å². The van der Waals surface area contributed by atoms with Crippen LogP contribution in [0.3, 0.4) is 0 Å². The molecule has 0 aromatic heterocycles. The first-order valence-corrected chi connectivity index (χ1v) is 6.38. The van der Waals surface area contributed by atoms with E-state index < -0.39 is 5.60 Å². The Labute approximate surface area is 107 Å². The van der Waals surface area contributed by atoms with Crippen LogP contribution in [0.1, 0.15) is 19.8 Å². The molecule has 4 heteroatoms. The second-order valence-electron chi connectivity index (χ2n) is 5.14. The average Bonchev–Trinajstić information content (AvgIpc) is 2.34. The molecule has 1 aromatic carbocycles. The number of hydrogen-bond donors (Lipinski definition) is 1. The molecule has 1 fully saturated rings. The van der Waals surface area contributed by atoms with Gasteiger partial charge in [0, 0.05) is 19.6 Å². The summed E-state index contributed by atoms with van der Waals surface area (Å²) >= 11 is 0. The third-order valence-electron chi connectivity index (χ3n) is 3.42. The van der Waals surface area contributed by atoms with E-state index in [4.69, 9.17) is 4.74 Å². The quantitative estimate of drug-likeness (QED) is 0.891. The van der Waals surface area contributed by atoms with Crippen LogP contribution < -0.4 is 4.74 Å². The van der Waals surface area contributed by atoms with E-state index in [-0.39, 0.29) is 5.82 Å². The molecule has 0 unspecified atom stereocenters. The summed E-state index contributed by atoms with van der Waals surface area (Å²) in [5.74, 6) is 0.445. The third kappa shape index (κ3) is 3.96. The smallest absolute Gasteiger partial charge is 0.123 e. The van der Waals surface area contributed by atoms with Crippen molar-refractivity contribution in [2.75, 3.05) is 26.2 Å². The highest BCUT2D eigenvalue weighted by Crippen LogP contribution is 2.20. The Bertz CT molecular complexity index is 368. The molecular formula is C14H20FNO2. The lowest BCUT2D eigenvalue weighted by Crippen LogP contribution is -2.43. The summed E-state index contributed by atoms with van der Waals surface area (Å²) in [7, 11) is 0. The van der Waals surface area contributed by atoms with Crippen molar-refractivity contribution in [3.63, 3.8) is 0 Å². The third-order valence-corrected chi connectivity index (χ3v) is 3.42. The summed E-state index contributed by atoms with van der Waals surface area (Å²) in [5, 5.41) is 9.83. The van der Waals surface area contributed by atoms with Crippen molar-refractivity contribution in [2.45, 2.75) is 25.4 Å². The molecule has 0 amide bonds. The Kier molecular flexibility index (Phi) is 4.19. The Balaban J connectivity index is 1.68. The van der Waals surface area contributed by atoms with Crippen molar-refractivity contribution < 1.29 is 14.2 Å². The summed E-state index contributed by atoms with van der Waals surface area (Å²) < 4.78 is 18.2. The molecule has 0 saturated carbocycles. The maximum absolute atomic E-state index is 12.7. The van der Waals surface area contributed by atoms with E-state index in [1.54, 1.807) is 12.1 Å². The summed E-state index contributed by atoms with van der Waals surface area (Å²) in [4.78, 5) is 2.28. The molecular weight excluding hydrogens is 233 g/mol. The molecule has 18 heavy (non-hydrogen) atoms. The molecule has 0 atom stereocenters. The molecule has 3 nitrogen and oxygen atoms in total. The van der Waals surface area contributed by atoms with Crippen LogP contribution in [0.25, 0.3) is 0 Å². The first-order chi connectivity index (χ1) is 8.55. The average molecular weight is 253 g/mol. The van der Waals surface area contributed by atoms with Gasteiger partial charge in [0.2, 0.25) is 0 Å². The lowest BCUT2D eigenvalue weighted by Gasteiger charge is -2.35. The SMILES string of the molecule is CC1(O)CCN(CCOc2ccc(F)cc2)CC1. The van der Waals surface area contributed by atoms with Gasteiger partial charge in [0.1, 0.15) is 18.2 Å². The lowest BCUT2D eigenvalue weighted by molar-refractivity contribution is -0.00768. The fraction of sp³-hybridized carbons (Fsp3) is 0.571. The van der Waals surface area contributed by atoms with E-state index in [1.165, 1.54) is 12.1 Å². The summed E-state index contributed by atoms with van der Waals surface area (Å²) in [6, 6.07) is 6.06. The van der Waals surface area contributed by atoms with Gasteiger partial charge in [0.05, 0.1) is 5.60 Å². The fourth-order valence-electron chi connectivity index (χ4n) is 2.08. The molecule has 1 N–H and O–H groups in total. The van der Waals surface area contributed by atoms with Crippen LogP contribution in [0.4, 0.5) is 4.39 Å². The minimum absolute atomic E-state index is 0.249. The molecule has 1 aromatic rings. The lowest BCUT2D eigenvalue weighted by atomic mass is 9.94. The zero-order valence-corrected chi connectivity index (χ0v) is 10.7. The van der Waals surface area contributed by atoms with E-state index in [0.29, 0.717) is 12.4 Å². The number of likely N-dealkylation sites (tertiary alicyclic amines) is 1. The highest BCUT2D eigenvalue weighted by molar-refractivity contribution is 5.21. The number of hydrogen-bond acceptors (Lipinski definition) is 3. The van der Waals surface area contributed by atoms with Crippen molar-refractivity contribution in [1.82, 2.24) is 4.90 Å². The van der Waals surface area contributed by atoms with Gasteiger partial charge in [0.25, 0.3) is 0 Å². The predicted molar refractivity (Wildman–Crippen MR) is 68.2 cm³/mol. The number of ether oxygens (including phenoxy) is 1. The van der Waals surface area contributed by atoms with Crippen LogP contribution >= 0.6 is 0 Å². The Hall–Kier alpha value is -1.13. The second kappa shape index (κ2) is 5.67. The monoisotopic (exact) mass is 253 g/mol. The maximum Gasteiger partial charge on any atom is 0.123 e. The predicted octanol–water partition coefficient (Wildman–Crippen LogP) is 2.05. The van der Waals surface area contributed by atoms with Crippen molar-refractivity contribution in [2.24, 2.45) is 0 Å². The zero-order valence-electron chi connectivity index (χ0n) is 10.7. The standard InChI is InChI=1S/C14H20FNO2/c1-14(17)6-8-16(9-7-14)10-11-18-13-4-2-12(15)3-5-13/h2-5,17H,6-11H2,1H3. The minimum atomic E-state index is -0.506. The number of benzene rings is 1. The van der Waals surface area contributed by atoms with Gasteiger partial charge in [-0.3, -0.25) is 4.90 Å². The molecule has 0 spiro atoms. The first kappa shape index (κ1) is 13.3. The van der Waals surface area contributed by atoms with E-state index in [1.807, 2.05) is 6.92 Å². The molecule has 0 bridgehead atoms. The fourth-order valence-corrected chi connectivity index (χ4v) is 2.08. The van der Waals surface area contributed by atoms with Gasteiger partial charge in [-0.15, -0.1) is 0 Å². The van der Waals surface area contributed by atoms with Gasteiger partial charge in [0.15, 0.2) is 0 Å². The van der Waals surface area contributed by atoms with Gasteiger partial charge in [-0.05, 0) is 44.0 Å². The van der Waals surface area contributed by atoms with Gasteiger partial charge in [-0.2, -0.15) is 0 Å². The van der Waals surface area contributed by atoms with Crippen LogP contribution in [0.15, 0.2) is 24.3 Å². The number of aliphatic hydroxyl groups is 1. The van der Waals surface area contributed by atoms with E-state index >= 15 is 0 Å². The Morgan fingerprint density at radius 2 is 1.89 bits per heavy atom. The van der Waals surface area contributed by atoms with Gasteiger partial charge in [-0.1, -0.05) is 0 Å². The molecule has 2 rings (SSSR count). The van der Waals surface area contributed by atoms with Crippen LogP contribution in [-0.2, 0) is 0 Å². The number of nitrogens with zero attached hydrogens (tertiary/aromatic N) is 1. The zero-order chi connectivity index (χ0) is 13.0. The molecule has 1 saturated heterocycles. The molecule has 1 aliphatic rings. The largest absolute Gasteiger partial charge is 0.492 e. The molecule has 0 aliphatic carbocycles. The van der Waals surface area contributed by atoms with Gasteiger partial charge >= 0.3 is 0 Å². The van der Waals surface area contributed by atoms with Crippen molar-refractivity contribution in [3.05, 3.63) is 30.1 Å². The van der Waals surface area contributed by atoms with Gasteiger partial charge < -0.3 is 9.84 Å². The molecule has 1 aliphatic heterocycles. The normalized spacial score (nSPS) is 19.7. The van der Waals surface area contributed by atoms with Gasteiger partial charge in [-0.25, -0.2) is 4.39 Å². The first-order valence-electron chi connectivity index (χ1n) is 6.38. The van der Waals surface area contributed by atoms with Crippen molar-refractivity contribution in [1.29, 1.82) is 0 Å². The summed E-state index contributed by atoms with van der Waals surface area (Å²) in [6.45, 7) is 5.13. The molecule has 0 radical (unpaired) electrons. The summed E-state index contributed by atoms with van der Waals surface area (Å²) in [6.07, 6.45) is 1.62. The second-order valence-corrected chi connectivity index (χ2v) is 5.14. The van der Waals surface area contributed by atoms with Crippen molar-refractivity contribution >= 4 is 0 Å². The number of piperidine rings is 1. The van der Waals surface area contributed by atoms with E-state index in [9.17, 15) is 9.50 Å². The van der Waals surface area contributed by atoms with Crippen LogP contribution in [0, 0.1) is 5.82 Å².